The van der Waals surface area contributed by atoms with Gasteiger partial charge in [0.25, 0.3) is 11.8 Å². The molecule has 0 saturated heterocycles. The minimum Gasteiger partial charge on any atom is -0.507 e. The number of carbonyl (C=O) groups is 2. The summed E-state index contributed by atoms with van der Waals surface area (Å²) in [5, 5.41) is 15.4. The Hall–Kier alpha value is -3.94. The molecule has 2 amide bonds. The molecule has 3 rings (SSSR count). The van der Waals surface area contributed by atoms with E-state index < -0.39 is 23.4 Å². The van der Waals surface area contributed by atoms with Gasteiger partial charge >= 0.3 is 0 Å². The molecular weight excluding hydrogens is 404 g/mol. The Morgan fingerprint density at radius 2 is 1.65 bits per heavy atom. The fourth-order valence-corrected chi connectivity index (χ4v) is 2.91. The van der Waals surface area contributed by atoms with Crippen LogP contribution in [0.5, 0.6) is 5.75 Å². The number of benzene rings is 3. The van der Waals surface area contributed by atoms with E-state index >= 15 is 0 Å². The molecule has 6 nitrogen and oxygen atoms in total. The number of hydrogen-bond donors (Lipinski definition) is 3. The van der Waals surface area contributed by atoms with Crippen LogP contribution in [0.2, 0.25) is 0 Å². The van der Waals surface area contributed by atoms with Gasteiger partial charge in [-0.1, -0.05) is 12.1 Å². The summed E-state index contributed by atoms with van der Waals surface area (Å²) in [6, 6.07) is 14.0. The molecule has 0 unspecified atom stereocenters. The van der Waals surface area contributed by atoms with Gasteiger partial charge in [0, 0.05) is 49.7 Å². The van der Waals surface area contributed by atoms with Crippen molar-refractivity contribution < 1.29 is 23.5 Å². The van der Waals surface area contributed by atoms with Gasteiger partial charge in [0.05, 0.1) is 5.56 Å². The first-order valence-electron chi connectivity index (χ1n) is 9.38. The summed E-state index contributed by atoms with van der Waals surface area (Å²) in [6.45, 7) is 0.267. The Morgan fingerprint density at radius 3 is 2.29 bits per heavy atom. The Balaban J connectivity index is 1.66. The van der Waals surface area contributed by atoms with Crippen molar-refractivity contribution in [2.24, 2.45) is 0 Å². The van der Waals surface area contributed by atoms with Gasteiger partial charge in [-0.2, -0.15) is 0 Å². The Kier molecular flexibility index (Phi) is 6.49. The highest BCUT2D eigenvalue weighted by Gasteiger charge is 2.14. The predicted octanol–water partition coefficient (Wildman–Crippen LogP) is 3.92. The van der Waals surface area contributed by atoms with Crippen LogP contribution in [0.15, 0.2) is 60.7 Å². The normalized spacial score (nSPS) is 10.5. The van der Waals surface area contributed by atoms with E-state index in [2.05, 4.69) is 10.6 Å². The van der Waals surface area contributed by atoms with E-state index in [1.54, 1.807) is 0 Å². The fraction of sp³-hybridized carbons (Fsp3) is 0.130. The van der Waals surface area contributed by atoms with Crippen LogP contribution in [-0.2, 0) is 6.54 Å². The number of carbonyl (C=O) groups excluding carboxylic acids is 2. The van der Waals surface area contributed by atoms with E-state index in [1.807, 2.05) is 43.3 Å². The number of nitrogens with zero attached hydrogens (tertiary/aromatic N) is 1. The molecule has 0 aliphatic heterocycles. The summed E-state index contributed by atoms with van der Waals surface area (Å²) in [5.41, 5.74) is 1.87. The second-order valence-corrected chi connectivity index (χ2v) is 7.09. The molecule has 0 radical (unpaired) electrons. The van der Waals surface area contributed by atoms with Gasteiger partial charge in [0.15, 0.2) is 0 Å². The van der Waals surface area contributed by atoms with Crippen molar-refractivity contribution >= 4 is 23.2 Å². The number of amides is 2. The molecule has 0 fully saturated rings. The molecule has 31 heavy (non-hydrogen) atoms. The topological polar surface area (TPSA) is 81.7 Å². The molecule has 0 atom stereocenters. The van der Waals surface area contributed by atoms with Gasteiger partial charge < -0.3 is 20.6 Å². The van der Waals surface area contributed by atoms with Gasteiger partial charge in [-0.3, -0.25) is 9.59 Å². The average Bonchev–Trinajstić information content (AvgIpc) is 2.71. The lowest BCUT2D eigenvalue weighted by molar-refractivity contribution is 0.0947. The van der Waals surface area contributed by atoms with E-state index in [4.69, 9.17) is 0 Å². The van der Waals surface area contributed by atoms with E-state index in [0.717, 1.165) is 23.4 Å². The Bertz CT molecular complexity index is 1110. The molecule has 0 aromatic heterocycles. The van der Waals surface area contributed by atoms with Crippen LogP contribution in [0, 0.1) is 11.6 Å². The number of phenolic OH excluding ortho intramolecular Hbond substituents is 1. The summed E-state index contributed by atoms with van der Waals surface area (Å²) in [5.74, 6) is -3.34. The molecule has 0 bridgehead atoms. The fourth-order valence-electron chi connectivity index (χ4n) is 2.91. The van der Waals surface area contributed by atoms with Crippen molar-refractivity contribution in [3.8, 4) is 5.75 Å². The maximum atomic E-state index is 13.3. The van der Waals surface area contributed by atoms with Crippen molar-refractivity contribution in [3.05, 3.63) is 89.0 Å². The van der Waals surface area contributed by atoms with Crippen LogP contribution < -0.4 is 15.5 Å². The Labute approximate surface area is 178 Å². The number of hydrogen-bond acceptors (Lipinski definition) is 4. The molecular formula is C23H21F2N3O3. The minimum absolute atomic E-state index is 0.0264. The number of halogens is 2. The van der Waals surface area contributed by atoms with Crippen LogP contribution in [0.3, 0.4) is 0 Å². The van der Waals surface area contributed by atoms with Crippen molar-refractivity contribution in [1.82, 2.24) is 5.32 Å². The molecule has 0 spiro atoms. The third kappa shape index (κ3) is 5.57. The number of phenols is 1. The first-order chi connectivity index (χ1) is 14.7. The van der Waals surface area contributed by atoms with E-state index in [9.17, 15) is 23.5 Å². The van der Waals surface area contributed by atoms with Gasteiger partial charge in [-0.05, 0) is 42.0 Å². The third-order valence-electron chi connectivity index (χ3n) is 4.51. The molecule has 0 aliphatic rings. The van der Waals surface area contributed by atoms with Gasteiger partial charge in [-0.25, -0.2) is 8.78 Å². The standard InChI is InChI=1S/C23H21F2N3O3/c1-28(2)19-5-3-4-14(8-19)13-26-23(31)20-7-6-18(12-21(20)29)27-22(30)15-9-16(24)11-17(25)10-15/h3-12,29H,13H2,1-2H3,(H,26,31)(H,27,30). The maximum absolute atomic E-state index is 13.3. The van der Waals surface area contributed by atoms with E-state index in [-0.39, 0.29) is 29.1 Å². The first kappa shape index (κ1) is 21.8. The SMILES string of the molecule is CN(C)c1cccc(CNC(=O)c2ccc(NC(=O)c3cc(F)cc(F)c3)cc2O)c1. The second kappa shape index (κ2) is 9.25. The zero-order valence-corrected chi connectivity index (χ0v) is 16.9. The van der Waals surface area contributed by atoms with Crippen molar-refractivity contribution in [3.63, 3.8) is 0 Å². The van der Waals surface area contributed by atoms with Crippen LogP contribution in [0.25, 0.3) is 0 Å². The zero-order chi connectivity index (χ0) is 22.5. The summed E-state index contributed by atoms with van der Waals surface area (Å²) < 4.78 is 26.6. The molecule has 8 heteroatoms. The summed E-state index contributed by atoms with van der Waals surface area (Å²) >= 11 is 0. The molecule has 3 aromatic rings. The zero-order valence-electron chi connectivity index (χ0n) is 16.9. The smallest absolute Gasteiger partial charge is 0.255 e. The lowest BCUT2D eigenvalue weighted by atomic mass is 10.1. The summed E-state index contributed by atoms with van der Waals surface area (Å²) in [4.78, 5) is 26.6. The average molecular weight is 425 g/mol. The minimum atomic E-state index is -0.879. The van der Waals surface area contributed by atoms with E-state index in [0.29, 0.717) is 6.07 Å². The second-order valence-electron chi connectivity index (χ2n) is 7.09. The molecule has 0 heterocycles. The summed E-state index contributed by atoms with van der Waals surface area (Å²) in [7, 11) is 3.84. The molecule has 0 aliphatic carbocycles. The van der Waals surface area contributed by atoms with Crippen molar-refractivity contribution in [2.75, 3.05) is 24.3 Å². The molecule has 3 N–H and O–H groups in total. The predicted molar refractivity (Wildman–Crippen MR) is 114 cm³/mol. The lowest BCUT2D eigenvalue weighted by Crippen LogP contribution is -2.23. The molecule has 160 valence electrons. The van der Waals surface area contributed by atoms with Crippen LogP contribution in [0.4, 0.5) is 20.2 Å². The third-order valence-corrected chi connectivity index (χ3v) is 4.51. The molecule has 0 saturated carbocycles. The van der Waals surface area contributed by atoms with Crippen LogP contribution in [-0.4, -0.2) is 31.0 Å². The van der Waals surface area contributed by atoms with Gasteiger partial charge in [0.1, 0.15) is 17.4 Å². The quantitative estimate of drug-likeness (QED) is 0.559. The van der Waals surface area contributed by atoms with Crippen LogP contribution >= 0.6 is 0 Å². The highest BCUT2D eigenvalue weighted by Crippen LogP contribution is 2.23. The number of nitrogens with one attached hydrogen (secondary N) is 2. The van der Waals surface area contributed by atoms with Crippen LogP contribution in [0.1, 0.15) is 26.3 Å². The monoisotopic (exact) mass is 425 g/mol. The highest BCUT2D eigenvalue weighted by molar-refractivity contribution is 6.05. The van der Waals surface area contributed by atoms with Crippen molar-refractivity contribution in [2.45, 2.75) is 6.54 Å². The number of aromatic hydroxyl groups is 1. The maximum Gasteiger partial charge on any atom is 0.255 e. The van der Waals surface area contributed by atoms with E-state index in [1.165, 1.54) is 18.2 Å². The number of rotatable bonds is 6. The van der Waals surface area contributed by atoms with Gasteiger partial charge in [0.2, 0.25) is 0 Å². The lowest BCUT2D eigenvalue weighted by Gasteiger charge is -2.14. The molecule has 3 aromatic carbocycles. The highest BCUT2D eigenvalue weighted by atomic mass is 19.1. The van der Waals surface area contributed by atoms with Crippen molar-refractivity contribution in [1.29, 1.82) is 0 Å². The largest absolute Gasteiger partial charge is 0.507 e. The number of anilines is 2. The summed E-state index contributed by atoms with van der Waals surface area (Å²) in [6.07, 6.45) is 0. The van der Waals surface area contributed by atoms with Gasteiger partial charge in [-0.15, -0.1) is 0 Å². The first-order valence-corrected chi connectivity index (χ1v) is 9.38. The Morgan fingerprint density at radius 1 is 0.935 bits per heavy atom.